The zero-order valence-corrected chi connectivity index (χ0v) is 12.3. The first-order valence-electron chi connectivity index (χ1n) is 5.92. The van der Waals surface area contributed by atoms with Gasteiger partial charge in [0.25, 0.3) is 0 Å². The first-order valence-corrected chi connectivity index (χ1v) is 7.33. The molecule has 0 aliphatic heterocycles. The van der Waals surface area contributed by atoms with Crippen LogP contribution in [0.3, 0.4) is 0 Å². The molecule has 0 radical (unpaired) electrons. The van der Waals surface area contributed by atoms with Crippen molar-refractivity contribution in [2.45, 2.75) is 4.90 Å². The molecule has 0 aromatic heterocycles. The predicted octanol–water partition coefficient (Wildman–Crippen LogP) is 2.18. The molecule has 0 saturated heterocycles. The van der Waals surface area contributed by atoms with Gasteiger partial charge in [-0.2, -0.15) is 8.42 Å². The standard InChI is InChI=1S/C14H14O6S/c1-18-12-4-3-5-13(19-2)14(12)20-21(16,17)11-8-6-10(15)7-9-11/h3-9,15H,1-2H3. The minimum absolute atomic E-state index is 0.0319. The van der Waals surface area contributed by atoms with E-state index in [0.717, 1.165) is 0 Å². The zero-order valence-electron chi connectivity index (χ0n) is 11.4. The van der Waals surface area contributed by atoms with Crippen LogP contribution in [0, 0.1) is 0 Å². The van der Waals surface area contributed by atoms with E-state index in [1.165, 1.54) is 38.5 Å². The van der Waals surface area contributed by atoms with E-state index in [1.807, 2.05) is 0 Å². The molecule has 0 bridgehead atoms. The first-order chi connectivity index (χ1) is 9.97. The normalized spacial score (nSPS) is 11.0. The molecule has 2 aromatic rings. The fraction of sp³-hybridized carbons (Fsp3) is 0.143. The summed E-state index contributed by atoms with van der Waals surface area (Å²) in [5.41, 5.74) is 0. The molecule has 0 atom stereocenters. The minimum atomic E-state index is -4.07. The summed E-state index contributed by atoms with van der Waals surface area (Å²) < 4.78 is 39.7. The van der Waals surface area contributed by atoms with Crippen molar-refractivity contribution in [3.8, 4) is 23.0 Å². The van der Waals surface area contributed by atoms with Gasteiger partial charge in [-0.05, 0) is 36.4 Å². The van der Waals surface area contributed by atoms with Crippen molar-refractivity contribution in [1.82, 2.24) is 0 Å². The van der Waals surface area contributed by atoms with E-state index >= 15 is 0 Å². The molecule has 0 saturated carbocycles. The SMILES string of the molecule is COc1cccc(OC)c1OS(=O)(=O)c1ccc(O)cc1. The number of hydrogen-bond acceptors (Lipinski definition) is 6. The summed E-state index contributed by atoms with van der Waals surface area (Å²) >= 11 is 0. The fourth-order valence-electron chi connectivity index (χ4n) is 1.67. The molecule has 0 aliphatic rings. The maximum Gasteiger partial charge on any atom is 0.339 e. The second-order valence-electron chi connectivity index (χ2n) is 4.02. The lowest BCUT2D eigenvalue weighted by molar-refractivity contribution is 0.360. The van der Waals surface area contributed by atoms with Gasteiger partial charge in [0, 0.05) is 0 Å². The second kappa shape index (κ2) is 5.92. The van der Waals surface area contributed by atoms with Gasteiger partial charge in [0.05, 0.1) is 14.2 Å². The molecule has 0 aliphatic carbocycles. The summed E-state index contributed by atoms with van der Waals surface area (Å²) in [5, 5.41) is 9.20. The number of rotatable bonds is 5. The van der Waals surface area contributed by atoms with Gasteiger partial charge in [-0.3, -0.25) is 0 Å². The smallest absolute Gasteiger partial charge is 0.339 e. The van der Waals surface area contributed by atoms with Crippen molar-refractivity contribution in [3.05, 3.63) is 42.5 Å². The molecule has 2 rings (SSSR count). The Bertz CT molecular complexity index is 699. The molecule has 0 fully saturated rings. The molecule has 0 unspecified atom stereocenters. The quantitative estimate of drug-likeness (QED) is 0.852. The maximum atomic E-state index is 12.2. The van der Waals surface area contributed by atoms with Crippen LogP contribution in [0.15, 0.2) is 47.4 Å². The molecule has 0 heterocycles. The van der Waals surface area contributed by atoms with E-state index in [0.29, 0.717) is 0 Å². The third kappa shape index (κ3) is 3.19. The molecule has 21 heavy (non-hydrogen) atoms. The Kier molecular flexibility index (Phi) is 4.23. The van der Waals surface area contributed by atoms with Gasteiger partial charge in [-0.15, -0.1) is 0 Å². The van der Waals surface area contributed by atoms with Crippen molar-refractivity contribution >= 4 is 10.1 Å². The minimum Gasteiger partial charge on any atom is -0.508 e. The van der Waals surface area contributed by atoms with Gasteiger partial charge in [0.2, 0.25) is 5.75 Å². The molecule has 1 N–H and O–H groups in total. The number of benzene rings is 2. The van der Waals surface area contributed by atoms with E-state index in [2.05, 4.69) is 0 Å². The highest BCUT2D eigenvalue weighted by Gasteiger charge is 2.22. The van der Waals surface area contributed by atoms with E-state index in [1.54, 1.807) is 18.2 Å². The Hall–Kier alpha value is -2.41. The number of para-hydroxylation sites is 1. The second-order valence-corrected chi connectivity index (χ2v) is 5.57. The number of aromatic hydroxyl groups is 1. The Labute approximate surface area is 122 Å². The van der Waals surface area contributed by atoms with Crippen LogP contribution in [0.2, 0.25) is 0 Å². The number of methoxy groups -OCH3 is 2. The molecule has 0 spiro atoms. The molecule has 6 nitrogen and oxygen atoms in total. The first kappa shape index (κ1) is 15.0. The highest BCUT2D eigenvalue weighted by Crippen LogP contribution is 2.38. The topological polar surface area (TPSA) is 82.1 Å². The van der Waals surface area contributed by atoms with Crippen LogP contribution in [-0.2, 0) is 10.1 Å². The van der Waals surface area contributed by atoms with Crippen LogP contribution in [0.1, 0.15) is 0 Å². The van der Waals surface area contributed by atoms with E-state index in [-0.39, 0.29) is 27.9 Å². The third-order valence-corrected chi connectivity index (χ3v) is 3.94. The highest BCUT2D eigenvalue weighted by molar-refractivity contribution is 7.87. The molecule has 2 aromatic carbocycles. The average molecular weight is 310 g/mol. The summed E-state index contributed by atoms with van der Waals surface area (Å²) in [7, 11) is -1.27. The third-order valence-electron chi connectivity index (χ3n) is 2.70. The number of phenols is 1. The molecule has 7 heteroatoms. The van der Waals surface area contributed by atoms with E-state index in [9.17, 15) is 13.5 Å². The van der Waals surface area contributed by atoms with Gasteiger partial charge in [0.15, 0.2) is 11.5 Å². The van der Waals surface area contributed by atoms with Crippen molar-refractivity contribution < 1.29 is 27.2 Å². The Morgan fingerprint density at radius 2 is 1.43 bits per heavy atom. The lowest BCUT2D eigenvalue weighted by atomic mass is 10.3. The molecule has 112 valence electrons. The average Bonchev–Trinajstić information content (AvgIpc) is 2.47. The van der Waals surface area contributed by atoms with Crippen molar-refractivity contribution in [2.75, 3.05) is 14.2 Å². The van der Waals surface area contributed by atoms with Crippen LogP contribution in [0.5, 0.6) is 23.0 Å². The summed E-state index contributed by atoms with van der Waals surface area (Å²) in [6.45, 7) is 0. The monoisotopic (exact) mass is 310 g/mol. The lowest BCUT2D eigenvalue weighted by Gasteiger charge is -2.13. The van der Waals surface area contributed by atoms with Crippen LogP contribution < -0.4 is 13.7 Å². The Morgan fingerprint density at radius 3 is 1.90 bits per heavy atom. The molecular weight excluding hydrogens is 296 g/mol. The van der Waals surface area contributed by atoms with Crippen LogP contribution in [0.4, 0.5) is 0 Å². The number of phenolic OH excluding ortho intramolecular Hbond substituents is 1. The van der Waals surface area contributed by atoms with E-state index in [4.69, 9.17) is 13.7 Å². The van der Waals surface area contributed by atoms with Crippen LogP contribution >= 0.6 is 0 Å². The van der Waals surface area contributed by atoms with Gasteiger partial charge < -0.3 is 18.8 Å². The summed E-state index contributed by atoms with van der Waals surface area (Å²) in [6.07, 6.45) is 0. The summed E-state index contributed by atoms with van der Waals surface area (Å²) in [4.78, 5) is -0.0896. The predicted molar refractivity (Wildman–Crippen MR) is 75.5 cm³/mol. The van der Waals surface area contributed by atoms with Gasteiger partial charge in [0.1, 0.15) is 10.6 Å². The maximum absolute atomic E-state index is 12.2. The van der Waals surface area contributed by atoms with Crippen molar-refractivity contribution in [2.24, 2.45) is 0 Å². The largest absolute Gasteiger partial charge is 0.508 e. The summed E-state index contributed by atoms with van der Waals surface area (Å²) in [6, 6.07) is 9.77. The Balaban J connectivity index is 2.43. The van der Waals surface area contributed by atoms with Gasteiger partial charge in [-0.25, -0.2) is 0 Å². The van der Waals surface area contributed by atoms with E-state index < -0.39 is 10.1 Å². The number of ether oxygens (including phenoxy) is 2. The Morgan fingerprint density at radius 1 is 0.905 bits per heavy atom. The van der Waals surface area contributed by atoms with Crippen LogP contribution in [0.25, 0.3) is 0 Å². The fourth-order valence-corrected chi connectivity index (χ4v) is 2.62. The molecule has 0 amide bonds. The van der Waals surface area contributed by atoms with Gasteiger partial charge >= 0.3 is 10.1 Å². The number of hydrogen-bond donors (Lipinski definition) is 1. The lowest BCUT2D eigenvalue weighted by Crippen LogP contribution is -2.11. The van der Waals surface area contributed by atoms with Crippen molar-refractivity contribution in [3.63, 3.8) is 0 Å². The van der Waals surface area contributed by atoms with Crippen LogP contribution in [-0.4, -0.2) is 27.7 Å². The van der Waals surface area contributed by atoms with Crippen molar-refractivity contribution in [1.29, 1.82) is 0 Å². The highest BCUT2D eigenvalue weighted by atomic mass is 32.2. The van der Waals surface area contributed by atoms with Gasteiger partial charge in [-0.1, -0.05) is 6.07 Å². The summed E-state index contributed by atoms with van der Waals surface area (Å²) in [5.74, 6) is 0.396. The molecular formula is C14H14O6S. The zero-order chi connectivity index (χ0) is 15.5.